The average Bonchev–Trinajstić information content (AvgIpc) is 3.08. The third kappa shape index (κ3) is 4.26. The SMILES string of the molecule is C=C(C)COCCNC(=O)c1csc(-c2ccsc2)n1. The summed E-state index contributed by atoms with van der Waals surface area (Å²) in [5, 5.41) is 9.44. The number of ether oxygens (including phenoxy) is 1. The van der Waals surface area contributed by atoms with Crippen molar-refractivity contribution in [3.8, 4) is 10.6 Å². The molecule has 2 heterocycles. The Balaban J connectivity index is 1.80. The standard InChI is InChI=1S/C14H16N2O2S2/c1-10(2)7-18-5-4-15-13(17)12-9-20-14(16-12)11-3-6-19-8-11/h3,6,8-9H,1,4-5,7H2,2H3,(H,15,17). The molecule has 0 saturated heterocycles. The van der Waals surface area contributed by atoms with Gasteiger partial charge in [-0.1, -0.05) is 12.2 Å². The van der Waals surface area contributed by atoms with E-state index in [1.54, 1.807) is 16.7 Å². The molecule has 0 fully saturated rings. The number of nitrogens with zero attached hydrogens (tertiary/aromatic N) is 1. The van der Waals surface area contributed by atoms with Crippen LogP contribution in [0.1, 0.15) is 17.4 Å². The van der Waals surface area contributed by atoms with E-state index in [9.17, 15) is 4.79 Å². The molecule has 0 aromatic carbocycles. The van der Waals surface area contributed by atoms with Gasteiger partial charge in [-0.15, -0.1) is 11.3 Å². The molecule has 2 rings (SSSR count). The number of rotatable bonds is 7. The van der Waals surface area contributed by atoms with Crippen molar-refractivity contribution < 1.29 is 9.53 Å². The molecule has 20 heavy (non-hydrogen) atoms. The molecule has 0 aliphatic rings. The van der Waals surface area contributed by atoms with E-state index in [1.807, 2.05) is 23.8 Å². The predicted octanol–water partition coefficient (Wildman–Crippen LogP) is 3.19. The van der Waals surface area contributed by atoms with Gasteiger partial charge in [0.15, 0.2) is 0 Å². The minimum absolute atomic E-state index is 0.165. The predicted molar refractivity (Wildman–Crippen MR) is 83.4 cm³/mol. The molecule has 0 aliphatic carbocycles. The summed E-state index contributed by atoms with van der Waals surface area (Å²) in [5.41, 5.74) is 2.48. The lowest BCUT2D eigenvalue weighted by molar-refractivity contribution is 0.0922. The average molecular weight is 308 g/mol. The van der Waals surface area contributed by atoms with Crippen molar-refractivity contribution in [2.24, 2.45) is 0 Å². The van der Waals surface area contributed by atoms with Gasteiger partial charge in [-0.25, -0.2) is 4.98 Å². The summed E-state index contributed by atoms with van der Waals surface area (Å²) in [6.07, 6.45) is 0. The van der Waals surface area contributed by atoms with Crippen LogP contribution in [0.5, 0.6) is 0 Å². The van der Waals surface area contributed by atoms with Crippen LogP contribution < -0.4 is 5.32 Å². The van der Waals surface area contributed by atoms with Crippen LogP contribution in [0.4, 0.5) is 0 Å². The van der Waals surface area contributed by atoms with Crippen LogP contribution in [0.15, 0.2) is 34.4 Å². The first-order valence-electron chi connectivity index (χ1n) is 6.15. The van der Waals surface area contributed by atoms with Gasteiger partial charge in [0.05, 0.1) is 13.2 Å². The zero-order valence-electron chi connectivity index (χ0n) is 11.2. The molecule has 106 valence electrons. The van der Waals surface area contributed by atoms with Crippen molar-refractivity contribution in [3.63, 3.8) is 0 Å². The molecule has 0 atom stereocenters. The van der Waals surface area contributed by atoms with Gasteiger partial charge in [-0.05, 0) is 18.4 Å². The fourth-order valence-corrected chi connectivity index (χ4v) is 2.98. The summed E-state index contributed by atoms with van der Waals surface area (Å²) in [6.45, 7) is 7.11. The Kier molecular flexibility index (Phi) is 5.46. The van der Waals surface area contributed by atoms with Crippen LogP contribution in [0.2, 0.25) is 0 Å². The zero-order valence-corrected chi connectivity index (χ0v) is 12.9. The fraction of sp³-hybridized carbons (Fsp3) is 0.286. The molecular formula is C14H16N2O2S2. The van der Waals surface area contributed by atoms with Crippen LogP contribution in [0.3, 0.4) is 0 Å². The van der Waals surface area contributed by atoms with Crippen molar-refractivity contribution in [2.45, 2.75) is 6.92 Å². The highest BCUT2D eigenvalue weighted by Crippen LogP contribution is 2.25. The lowest BCUT2D eigenvalue weighted by atomic mass is 10.3. The maximum absolute atomic E-state index is 11.9. The molecule has 0 aliphatic heterocycles. The van der Waals surface area contributed by atoms with Gasteiger partial charge in [0.25, 0.3) is 5.91 Å². The Morgan fingerprint density at radius 3 is 3.05 bits per heavy atom. The molecule has 2 aromatic rings. The number of carbonyl (C=O) groups is 1. The van der Waals surface area contributed by atoms with Crippen molar-refractivity contribution in [1.82, 2.24) is 10.3 Å². The van der Waals surface area contributed by atoms with Crippen LogP contribution >= 0.6 is 22.7 Å². The van der Waals surface area contributed by atoms with E-state index in [4.69, 9.17) is 4.74 Å². The third-order valence-corrected chi connectivity index (χ3v) is 3.96. The quantitative estimate of drug-likeness (QED) is 0.631. The van der Waals surface area contributed by atoms with Crippen LogP contribution in [0, 0.1) is 0 Å². The highest BCUT2D eigenvalue weighted by atomic mass is 32.1. The Morgan fingerprint density at radius 2 is 2.35 bits per heavy atom. The molecule has 0 bridgehead atoms. The second-order valence-electron chi connectivity index (χ2n) is 4.32. The van der Waals surface area contributed by atoms with Gasteiger partial charge in [0.2, 0.25) is 0 Å². The first-order valence-corrected chi connectivity index (χ1v) is 7.97. The first-order chi connectivity index (χ1) is 9.66. The second kappa shape index (κ2) is 7.33. The number of carbonyl (C=O) groups excluding carboxylic acids is 1. The lowest BCUT2D eigenvalue weighted by Crippen LogP contribution is -2.27. The molecule has 0 unspecified atom stereocenters. The molecular weight excluding hydrogens is 292 g/mol. The normalized spacial score (nSPS) is 10.4. The molecule has 0 saturated carbocycles. The van der Waals surface area contributed by atoms with E-state index >= 15 is 0 Å². The maximum Gasteiger partial charge on any atom is 0.270 e. The maximum atomic E-state index is 11.9. The van der Waals surface area contributed by atoms with Gasteiger partial charge >= 0.3 is 0 Å². The molecule has 1 N–H and O–H groups in total. The summed E-state index contributed by atoms with van der Waals surface area (Å²) in [5.74, 6) is -0.165. The van der Waals surface area contributed by atoms with Gasteiger partial charge < -0.3 is 10.1 Å². The summed E-state index contributed by atoms with van der Waals surface area (Å²) in [7, 11) is 0. The smallest absolute Gasteiger partial charge is 0.270 e. The Bertz CT molecular complexity index is 576. The second-order valence-corrected chi connectivity index (χ2v) is 5.95. The highest BCUT2D eigenvalue weighted by molar-refractivity contribution is 7.14. The van der Waals surface area contributed by atoms with Crippen molar-refractivity contribution in [3.05, 3.63) is 40.1 Å². The summed E-state index contributed by atoms with van der Waals surface area (Å²) in [6, 6.07) is 2.00. The van der Waals surface area contributed by atoms with Gasteiger partial charge in [-0.3, -0.25) is 4.79 Å². The summed E-state index contributed by atoms with van der Waals surface area (Å²) >= 11 is 3.09. The van der Waals surface area contributed by atoms with Crippen molar-refractivity contribution in [1.29, 1.82) is 0 Å². The monoisotopic (exact) mass is 308 g/mol. The molecule has 0 radical (unpaired) electrons. The minimum atomic E-state index is -0.165. The van der Waals surface area contributed by atoms with Crippen molar-refractivity contribution >= 4 is 28.6 Å². The minimum Gasteiger partial charge on any atom is -0.375 e. The zero-order chi connectivity index (χ0) is 14.4. The summed E-state index contributed by atoms with van der Waals surface area (Å²) in [4.78, 5) is 16.2. The largest absolute Gasteiger partial charge is 0.375 e. The number of hydrogen-bond donors (Lipinski definition) is 1. The van der Waals surface area contributed by atoms with E-state index in [-0.39, 0.29) is 5.91 Å². The van der Waals surface area contributed by atoms with Gasteiger partial charge in [0.1, 0.15) is 10.7 Å². The van der Waals surface area contributed by atoms with E-state index in [1.165, 1.54) is 11.3 Å². The molecule has 2 aromatic heterocycles. The van der Waals surface area contributed by atoms with E-state index in [0.29, 0.717) is 25.5 Å². The first kappa shape index (κ1) is 14.9. The third-order valence-electron chi connectivity index (χ3n) is 2.39. The Labute approximate surface area is 126 Å². The summed E-state index contributed by atoms with van der Waals surface area (Å²) < 4.78 is 5.31. The van der Waals surface area contributed by atoms with E-state index < -0.39 is 0 Å². The number of nitrogens with one attached hydrogen (secondary N) is 1. The molecule has 0 spiro atoms. The van der Waals surface area contributed by atoms with E-state index in [0.717, 1.165) is 16.1 Å². The van der Waals surface area contributed by atoms with E-state index in [2.05, 4.69) is 16.9 Å². The van der Waals surface area contributed by atoms with Crippen molar-refractivity contribution in [2.75, 3.05) is 19.8 Å². The lowest BCUT2D eigenvalue weighted by Gasteiger charge is -2.04. The number of hydrogen-bond acceptors (Lipinski definition) is 5. The van der Waals surface area contributed by atoms with Crippen LogP contribution in [-0.4, -0.2) is 30.6 Å². The highest BCUT2D eigenvalue weighted by Gasteiger charge is 2.11. The van der Waals surface area contributed by atoms with Gasteiger partial charge in [-0.2, -0.15) is 11.3 Å². The van der Waals surface area contributed by atoms with Crippen LogP contribution in [0.25, 0.3) is 10.6 Å². The number of thiophene rings is 1. The molecule has 1 amide bonds. The van der Waals surface area contributed by atoms with Crippen LogP contribution in [-0.2, 0) is 4.74 Å². The number of aromatic nitrogens is 1. The molecule has 6 heteroatoms. The fourth-order valence-electron chi connectivity index (χ4n) is 1.47. The Hall–Kier alpha value is -1.50. The topological polar surface area (TPSA) is 51.2 Å². The number of amides is 1. The molecule has 4 nitrogen and oxygen atoms in total. The Morgan fingerprint density at radius 1 is 1.50 bits per heavy atom. The van der Waals surface area contributed by atoms with Gasteiger partial charge in [0, 0.05) is 22.9 Å². The number of thiazole rings is 1.